The van der Waals surface area contributed by atoms with Gasteiger partial charge in [-0.3, -0.25) is 9.97 Å². The molecule has 234 valence electrons. The zero-order valence-electron chi connectivity index (χ0n) is 27.0. The Kier molecular flexibility index (Phi) is 10.1. The molecule has 2 N–H and O–H groups in total. The summed E-state index contributed by atoms with van der Waals surface area (Å²) in [5, 5.41) is 10.0. The maximum absolute atomic E-state index is 4.97. The number of benzene rings is 4. The van der Waals surface area contributed by atoms with E-state index in [4.69, 9.17) is 9.97 Å². The molecule has 6 aromatic rings. The standard InChI is InChI=1S/C40H40Br2N4/c1-25-9-19-35-33(23-25)39(37(27(3)45-35)29-11-15-31(41)16-12-29)43-21-7-5-6-8-22-44-40-34-24-26(2)10-20-36(34)46-28(4)38(40)30-13-17-32(42)18-14-30/h9-20,23-24H,5-8,21-22H2,1-4H3,(H,43,45)(H,44,46). The second-order valence-corrected chi connectivity index (χ2v) is 14.0. The summed E-state index contributed by atoms with van der Waals surface area (Å²) in [5.74, 6) is 0. The second-order valence-electron chi connectivity index (χ2n) is 12.2. The fourth-order valence-electron chi connectivity index (χ4n) is 6.34. The lowest BCUT2D eigenvalue weighted by molar-refractivity contribution is 0.671. The van der Waals surface area contributed by atoms with Crippen LogP contribution in [0.15, 0.2) is 93.9 Å². The quantitative estimate of drug-likeness (QED) is 0.130. The molecule has 6 heteroatoms. The van der Waals surface area contributed by atoms with Crippen LogP contribution in [0.5, 0.6) is 0 Å². The summed E-state index contributed by atoms with van der Waals surface area (Å²) in [6.45, 7) is 10.4. The molecule has 0 aliphatic heterocycles. The molecule has 0 amide bonds. The van der Waals surface area contributed by atoms with Crippen molar-refractivity contribution in [2.45, 2.75) is 53.4 Å². The number of hydrogen-bond donors (Lipinski definition) is 2. The van der Waals surface area contributed by atoms with Crippen LogP contribution in [0.4, 0.5) is 11.4 Å². The molecule has 0 radical (unpaired) electrons. The summed E-state index contributed by atoms with van der Waals surface area (Å²) in [4.78, 5) is 9.95. The van der Waals surface area contributed by atoms with E-state index in [0.717, 1.165) is 70.1 Å². The lowest BCUT2D eigenvalue weighted by atomic mass is 9.98. The molecule has 46 heavy (non-hydrogen) atoms. The summed E-state index contributed by atoms with van der Waals surface area (Å²) in [6.07, 6.45) is 4.54. The summed E-state index contributed by atoms with van der Waals surface area (Å²) < 4.78 is 2.16. The number of pyridine rings is 2. The van der Waals surface area contributed by atoms with Gasteiger partial charge in [0.2, 0.25) is 0 Å². The first-order chi connectivity index (χ1) is 22.3. The molecule has 0 bridgehead atoms. The number of nitrogens with one attached hydrogen (secondary N) is 2. The highest BCUT2D eigenvalue weighted by Crippen LogP contribution is 2.39. The molecular weight excluding hydrogens is 696 g/mol. The molecule has 4 aromatic carbocycles. The summed E-state index contributed by atoms with van der Waals surface area (Å²) >= 11 is 7.17. The number of unbranched alkanes of at least 4 members (excludes halogenated alkanes) is 3. The van der Waals surface area contributed by atoms with E-state index in [1.165, 1.54) is 55.5 Å². The van der Waals surface area contributed by atoms with E-state index < -0.39 is 0 Å². The largest absolute Gasteiger partial charge is 0.384 e. The minimum atomic E-state index is 0.921. The van der Waals surface area contributed by atoms with Crippen molar-refractivity contribution in [1.82, 2.24) is 9.97 Å². The summed E-state index contributed by atoms with van der Waals surface area (Å²) in [6, 6.07) is 30.2. The summed E-state index contributed by atoms with van der Waals surface area (Å²) in [5.41, 5.74) is 13.8. The smallest absolute Gasteiger partial charge is 0.0726 e. The molecule has 6 rings (SSSR count). The Morgan fingerprint density at radius 3 is 1.28 bits per heavy atom. The molecule has 0 spiro atoms. The zero-order valence-corrected chi connectivity index (χ0v) is 30.1. The molecule has 2 aromatic heterocycles. The average molecular weight is 737 g/mol. The van der Waals surface area contributed by atoms with E-state index in [1.54, 1.807) is 0 Å². The number of halogens is 2. The van der Waals surface area contributed by atoms with Gasteiger partial charge in [-0.1, -0.05) is 92.2 Å². The van der Waals surface area contributed by atoms with Crippen LogP contribution in [0, 0.1) is 27.7 Å². The maximum Gasteiger partial charge on any atom is 0.0726 e. The highest BCUT2D eigenvalue weighted by Gasteiger charge is 2.16. The SMILES string of the molecule is Cc1ccc2nc(C)c(-c3ccc(Br)cc3)c(NCCCCCCNc3c(-c4ccc(Br)cc4)c(C)nc4ccc(C)cc34)c2c1. The first kappa shape index (κ1) is 32.2. The van der Waals surface area contributed by atoms with E-state index >= 15 is 0 Å². The van der Waals surface area contributed by atoms with Crippen molar-refractivity contribution in [3.63, 3.8) is 0 Å². The topological polar surface area (TPSA) is 49.8 Å². The van der Waals surface area contributed by atoms with Crippen molar-refractivity contribution >= 4 is 65.0 Å². The lowest BCUT2D eigenvalue weighted by Crippen LogP contribution is -2.07. The van der Waals surface area contributed by atoms with Crippen molar-refractivity contribution in [3.05, 3.63) is 116 Å². The average Bonchev–Trinajstić information content (AvgIpc) is 3.04. The Morgan fingerprint density at radius 2 is 0.891 bits per heavy atom. The fraction of sp³-hybridized carbons (Fsp3) is 0.250. The van der Waals surface area contributed by atoms with Gasteiger partial charge >= 0.3 is 0 Å². The van der Waals surface area contributed by atoms with Crippen LogP contribution in [-0.2, 0) is 0 Å². The Hall–Kier alpha value is -3.74. The van der Waals surface area contributed by atoms with Crippen LogP contribution in [0.1, 0.15) is 48.2 Å². The second kappa shape index (κ2) is 14.4. The Morgan fingerprint density at radius 1 is 0.500 bits per heavy atom. The predicted octanol–water partition coefficient (Wildman–Crippen LogP) is 12.0. The van der Waals surface area contributed by atoms with E-state index in [0.29, 0.717) is 0 Å². The molecule has 0 aliphatic carbocycles. The first-order valence-corrected chi connectivity index (χ1v) is 17.7. The minimum absolute atomic E-state index is 0.921. The number of nitrogens with zero attached hydrogens (tertiary/aromatic N) is 2. The van der Waals surface area contributed by atoms with Gasteiger partial charge in [0.15, 0.2) is 0 Å². The number of fused-ring (bicyclic) bond motifs is 2. The number of rotatable bonds is 11. The lowest BCUT2D eigenvalue weighted by Gasteiger charge is -2.19. The van der Waals surface area contributed by atoms with Crippen molar-refractivity contribution in [2.75, 3.05) is 23.7 Å². The van der Waals surface area contributed by atoms with Crippen molar-refractivity contribution in [3.8, 4) is 22.3 Å². The normalized spacial score (nSPS) is 11.3. The Bertz CT molecular complexity index is 1850. The van der Waals surface area contributed by atoms with Gasteiger partial charge in [0.1, 0.15) is 0 Å². The molecule has 0 fully saturated rings. The highest BCUT2D eigenvalue weighted by atomic mass is 79.9. The highest BCUT2D eigenvalue weighted by molar-refractivity contribution is 9.10. The van der Waals surface area contributed by atoms with Crippen LogP contribution in [0.3, 0.4) is 0 Å². The molecule has 0 unspecified atom stereocenters. The van der Waals surface area contributed by atoms with Gasteiger partial charge in [0, 0.05) is 55.3 Å². The van der Waals surface area contributed by atoms with Crippen molar-refractivity contribution in [2.24, 2.45) is 0 Å². The van der Waals surface area contributed by atoms with Gasteiger partial charge in [0.25, 0.3) is 0 Å². The third-order valence-corrected chi connectivity index (χ3v) is 9.67. The maximum atomic E-state index is 4.97. The van der Waals surface area contributed by atoms with Gasteiger partial charge in [-0.2, -0.15) is 0 Å². The van der Waals surface area contributed by atoms with Crippen molar-refractivity contribution < 1.29 is 0 Å². The van der Waals surface area contributed by atoms with E-state index in [9.17, 15) is 0 Å². The number of anilines is 2. The summed E-state index contributed by atoms with van der Waals surface area (Å²) in [7, 11) is 0. The number of aryl methyl sites for hydroxylation is 4. The van der Waals surface area contributed by atoms with Crippen LogP contribution >= 0.6 is 31.9 Å². The molecule has 0 aliphatic rings. The van der Waals surface area contributed by atoms with Gasteiger partial charge in [-0.05, 0) is 100 Å². The minimum Gasteiger partial charge on any atom is -0.384 e. The van der Waals surface area contributed by atoms with E-state index in [-0.39, 0.29) is 0 Å². The zero-order chi connectivity index (χ0) is 32.2. The number of aromatic nitrogens is 2. The fourth-order valence-corrected chi connectivity index (χ4v) is 6.87. The molecule has 4 nitrogen and oxygen atoms in total. The van der Waals surface area contributed by atoms with Gasteiger partial charge in [-0.15, -0.1) is 0 Å². The third-order valence-electron chi connectivity index (χ3n) is 8.62. The van der Waals surface area contributed by atoms with E-state index in [1.807, 2.05) is 0 Å². The molecular formula is C40H40Br2N4. The predicted molar refractivity (Wildman–Crippen MR) is 204 cm³/mol. The molecule has 0 saturated heterocycles. The third kappa shape index (κ3) is 7.13. The van der Waals surface area contributed by atoms with Crippen LogP contribution in [0.25, 0.3) is 44.1 Å². The van der Waals surface area contributed by atoms with Gasteiger partial charge < -0.3 is 10.6 Å². The van der Waals surface area contributed by atoms with Crippen LogP contribution in [0.2, 0.25) is 0 Å². The number of hydrogen-bond acceptors (Lipinski definition) is 4. The van der Waals surface area contributed by atoms with Crippen LogP contribution < -0.4 is 10.6 Å². The van der Waals surface area contributed by atoms with E-state index in [2.05, 4.69) is 155 Å². The van der Waals surface area contributed by atoms with Crippen LogP contribution in [-0.4, -0.2) is 23.1 Å². The van der Waals surface area contributed by atoms with Gasteiger partial charge in [-0.25, -0.2) is 0 Å². The first-order valence-electron chi connectivity index (χ1n) is 16.1. The van der Waals surface area contributed by atoms with Crippen molar-refractivity contribution in [1.29, 1.82) is 0 Å². The monoisotopic (exact) mass is 734 g/mol. The Balaban J connectivity index is 1.12. The molecule has 2 heterocycles. The molecule has 0 saturated carbocycles. The Labute approximate surface area is 289 Å². The molecule has 0 atom stereocenters. The van der Waals surface area contributed by atoms with Gasteiger partial charge in [0.05, 0.1) is 22.4 Å².